The summed E-state index contributed by atoms with van der Waals surface area (Å²) in [5, 5.41) is 3.23. The Morgan fingerprint density at radius 3 is 2.90 bits per heavy atom. The predicted molar refractivity (Wildman–Crippen MR) is 86.5 cm³/mol. The van der Waals surface area contributed by atoms with Gasteiger partial charge in [-0.15, -0.1) is 11.3 Å². The van der Waals surface area contributed by atoms with Gasteiger partial charge < -0.3 is 0 Å². The lowest BCUT2D eigenvalue weighted by molar-refractivity contribution is -0.121. The first-order valence-corrected chi connectivity index (χ1v) is 7.92. The Hall–Kier alpha value is -1.99. The van der Waals surface area contributed by atoms with Crippen LogP contribution in [0.25, 0.3) is 6.08 Å². The monoisotopic (exact) mass is 316 g/mol. The van der Waals surface area contributed by atoms with Gasteiger partial charge in [0.2, 0.25) is 5.13 Å². The molecular formula is C14H12N4OS2. The molecule has 1 amide bonds. The van der Waals surface area contributed by atoms with E-state index in [1.165, 1.54) is 28.0 Å². The number of pyridine rings is 1. The SMILES string of the molecule is Cc1csc(/N=C2/S/C(=C\c3ccccn3)C(=O)N2C)n1. The van der Waals surface area contributed by atoms with E-state index in [9.17, 15) is 4.79 Å². The molecule has 0 saturated carbocycles. The Balaban J connectivity index is 1.89. The van der Waals surface area contributed by atoms with Crippen LogP contribution >= 0.6 is 23.1 Å². The molecule has 2 aromatic heterocycles. The van der Waals surface area contributed by atoms with E-state index in [0.29, 0.717) is 15.2 Å². The van der Waals surface area contributed by atoms with Crippen LogP contribution in [0.3, 0.4) is 0 Å². The largest absolute Gasteiger partial charge is 0.289 e. The minimum atomic E-state index is -0.0716. The molecule has 2 aromatic rings. The fourth-order valence-corrected chi connectivity index (χ4v) is 3.40. The summed E-state index contributed by atoms with van der Waals surface area (Å²) in [7, 11) is 1.72. The van der Waals surface area contributed by atoms with Crippen LogP contribution in [0.5, 0.6) is 0 Å². The van der Waals surface area contributed by atoms with Crippen LogP contribution in [0, 0.1) is 6.92 Å². The van der Waals surface area contributed by atoms with E-state index < -0.39 is 0 Å². The van der Waals surface area contributed by atoms with Crippen LogP contribution in [0.1, 0.15) is 11.4 Å². The van der Waals surface area contributed by atoms with Gasteiger partial charge in [-0.1, -0.05) is 6.07 Å². The van der Waals surface area contributed by atoms with Crippen molar-refractivity contribution >= 4 is 45.4 Å². The van der Waals surface area contributed by atoms with Crippen molar-refractivity contribution in [2.75, 3.05) is 7.05 Å². The van der Waals surface area contributed by atoms with Crippen molar-refractivity contribution in [3.05, 3.63) is 46.1 Å². The topological polar surface area (TPSA) is 58.5 Å². The number of amides is 1. The van der Waals surface area contributed by atoms with E-state index in [2.05, 4.69) is 15.0 Å². The lowest BCUT2D eigenvalue weighted by Crippen LogP contribution is -2.23. The van der Waals surface area contributed by atoms with Crippen molar-refractivity contribution < 1.29 is 4.79 Å². The summed E-state index contributed by atoms with van der Waals surface area (Å²) in [5.41, 5.74) is 1.69. The number of nitrogens with zero attached hydrogens (tertiary/aromatic N) is 4. The maximum Gasteiger partial charge on any atom is 0.266 e. The Kier molecular flexibility index (Phi) is 3.85. The second-order valence-electron chi connectivity index (χ2n) is 4.40. The zero-order chi connectivity index (χ0) is 14.8. The summed E-state index contributed by atoms with van der Waals surface area (Å²) in [5.74, 6) is -0.0716. The molecule has 3 heterocycles. The van der Waals surface area contributed by atoms with Crippen LogP contribution in [0.4, 0.5) is 5.13 Å². The number of carbonyl (C=O) groups excluding carboxylic acids is 1. The zero-order valence-electron chi connectivity index (χ0n) is 11.5. The molecule has 0 aliphatic carbocycles. The Labute approximate surface area is 130 Å². The summed E-state index contributed by atoms with van der Waals surface area (Å²) in [6.45, 7) is 1.92. The third-order valence-electron chi connectivity index (χ3n) is 2.77. The van der Waals surface area contributed by atoms with Crippen molar-refractivity contribution in [1.82, 2.24) is 14.9 Å². The van der Waals surface area contributed by atoms with Crippen molar-refractivity contribution in [3.63, 3.8) is 0 Å². The van der Waals surface area contributed by atoms with Gasteiger partial charge in [0.15, 0.2) is 5.17 Å². The first kappa shape index (κ1) is 14.0. The average Bonchev–Trinajstić information content (AvgIpc) is 3.00. The standard InChI is InChI=1S/C14H12N4OS2/c1-9-8-20-13(16-9)17-14-18(2)12(19)11(21-14)7-10-5-3-4-6-15-10/h3-8H,1-2H3/b11-7-,17-14+. The molecular weight excluding hydrogens is 304 g/mol. The minimum Gasteiger partial charge on any atom is -0.289 e. The summed E-state index contributed by atoms with van der Waals surface area (Å²) in [4.78, 5) is 27.3. The van der Waals surface area contributed by atoms with Gasteiger partial charge in [-0.2, -0.15) is 4.99 Å². The van der Waals surface area contributed by atoms with Gasteiger partial charge in [-0.3, -0.25) is 14.7 Å². The number of likely N-dealkylation sites (N-methyl/N-ethyl adjacent to an activating group) is 1. The lowest BCUT2D eigenvalue weighted by atomic mass is 10.3. The van der Waals surface area contributed by atoms with Gasteiger partial charge >= 0.3 is 0 Å². The van der Waals surface area contributed by atoms with E-state index in [4.69, 9.17) is 0 Å². The highest BCUT2D eigenvalue weighted by atomic mass is 32.2. The molecule has 0 aromatic carbocycles. The van der Waals surface area contributed by atoms with Gasteiger partial charge in [-0.05, 0) is 36.9 Å². The summed E-state index contributed by atoms with van der Waals surface area (Å²) in [6, 6.07) is 5.59. The summed E-state index contributed by atoms with van der Waals surface area (Å²) < 4.78 is 0. The number of thiazole rings is 1. The fraction of sp³-hybridized carbons (Fsp3) is 0.143. The minimum absolute atomic E-state index is 0.0716. The molecule has 1 fully saturated rings. The first-order valence-electron chi connectivity index (χ1n) is 6.23. The van der Waals surface area contributed by atoms with Gasteiger partial charge in [0.1, 0.15) is 0 Å². The molecule has 106 valence electrons. The molecule has 7 heteroatoms. The molecule has 1 aliphatic rings. The van der Waals surface area contributed by atoms with Crippen LogP contribution in [0.2, 0.25) is 0 Å². The first-order chi connectivity index (χ1) is 10.1. The molecule has 0 N–H and O–H groups in total. The number of thioether (sulfide) groups is 1. The fourth-order valence-electron chi connectivity index (χ4n) is 1.72. The van der Waals surface area contributed by atoms with Crippen LogP contribution < -0.4 is 0 Å². The van der Waals surface area contributed by atoms with Gasteiger partial charge in [-0.25, -0.2) is 4.98 Å². The van der Waals surface area contributed by atoms with Crippen molar-refractivity contribution in [3.8, 4) is 0 Å². The van der Waals surface area contributed by atoms with E-state index >= 15 is 0 Å². The Bertz CT molecular complexity index is 736. The Morgan fingerprint density at radius 1 is 1.38 bits per heavy atom. The number of aryl methyl sites for hydroxylation is 1. The number of hydrogen-bond donors (Lipinski definition) is 0. The molecule has 0 unspecified atom stereocenters. The second-order valence-corrected chi connectivity index (χ2v) is 6.24. The average molecular weight is 316 g/mol. The van der Waals surface area contributed by atoms with E-state index in [0.717, 1.165) is 11.4 Å². The molecule has 0 spiro atoms. The van der Waals surface area contributed by atoms with Crippen molar-refractivity contribution in [2.45, 2.75) is 6.92 Å². The van der Waals surface area contributed by atoms with E-state index in [1.54, 1.807) is 19.3 Å². The third-order valence-corrected chi connectivity index (χ3v) is 4.68. The zero-order valence-corrected chi connectivity index (χ0v) is 13.1. The van der Waals surface area contributed by atoms with Crippen molar-refractivity contribution in [2.24, 2.45) is 4.99 Å². The highest BCUT2D eigenvalue weighted by Crippen LogP contribution is 2.33. The van der Waals surface area contributed by atoms with Crippen molar-refractivity contribution in [1.29, 1.82) is 0 Å². The van der Waals surface area contributed by atoms with Crippen LogP contribution in [0.15, 0.2) is 39.7 Å². The molecule has 21 heavy (non-hydrogen) atoms. The molecule has 0 atom stereocenters. The molecule has 1 saturated heterocycles. The van der Waals surface area contributed by atoms with Gasteiger partial charge in [0.05, 0.1) is 16.3 Å². The smallest absolute Gasteiger partial charge is 0.266 e. The second kappa shape index (κ2) is 5.79. The maximum absolute atomic E-state index is 12.2. The van der Waals surface area contributed by atoms with Crippen LogP contribution in [-0.4, -0.2) is 33.0 Å². The van der Waals surface area contributed by atoms with E-state index in [1.807, 2.05) is 30.5 Å². The number of carbonyl (C=O) groups is 1. The van der Waals surface area contributed by atoms with E-state index in [-0.39, 0.29) is 5.91 Å². The summed E-state index contributed by atoms with van der Waals surface area (Å²) >= 11 is 2.80. The molecule has 5 nitrogen and oxygen atoms in total. The normalized spacial score (nSPS) is 19.0. The highest BCUT2D eigenvalue weighted by molar-refractivity contribution is 8.18. The maximum atomic E-state index is 12.2. The molecule has 1 aliphatic heterocycles. The summed E-state index contributed by atoms with van der Waals surface area (Å²) in [6.07, 6.45) is 3.48. The Morgan fingerprint density at radius 2 is 2.24 bits per heavy atom. The number of rotatable bonds is 2. The van der Waals surface area contributed by atoms with Crippen LogP contribution in [-0.2, 0) is 4.79 Å². The number of hydrogen-bond acceptors (Lipinski definition) is 6. The van der Waals surface area contributed by atoms with Gasteiger partial charge in [0.25, 0.3) is 5.91 Å². The number of aromatic nitrogens is 2. The quantitative estimate of drug-likeness (QED) is 0.799. The number of aliphatic imine (C=N–C) groups is 1. The number of amidine groups is 1. The third kappa shape index (κ3) is 3.03. The van der Waals surface area contributed by atoms with Gasteiger partial charge in [0, 0.05) is 18.6 Å². The predicted octanol–water partition coefficient (Wildman–Crippen LogP) is 3.08. The lowest BCUT2D eigenvalue weighted by Gasteiger charge is -2.05. The molecule has 0 bridgehead atoms. The molecule has 0 radical (unpaired) electrons. The highest BCUT2D eigenvalue weighted by Gasteiger charge is 2.30. The molecule has 3 rings (SSSR count).